The molecule has 0 aromatic carbocycles. The number of fused-ring (bicyclic) bond motifs is 1. The Morgan fingerprint density at radius 1 is 1.35 bits per heavy atom. The van der Waals surface area contributed by atoms with Crippen molar-refractivity contribution in [1.29, 1.82) is 0 Å². The molecule has 0 spiro atoms. The zero-order valence-corrected chi connectivity index (χ0v) is 12.5. The third-order valence-electron chi connectivity index (χ3n) is 3.74. The summed E-state index contributed by atoms with van der Waals surface area (Å²) in [7, 11) is 0. The zero-order chi connectivity index (χ0) is 14.5. The van der Waals surface area contributed by atoms with Crippen LogP contribution in [0.25, 0.3) is 0 Å². The summed E-state index contributed by atoms with van der Waals surface area (Å²) in [5.74, 6) is -0.583. The summed E-state index contributed by atoms with van der Waals surface area (Å²) in [6.07, 6.45) is -4.97. The van der Waals surface area contributed by atoms with Crippen molar-refractivity contribution < 1.29 is 22.7 Å². The van der Waals surface area contributed by atoms with Gasteiger partial charge < -0.3 is 15.0 Å². The Morgan fingerprint density at radius 2 is 1.95 bits per heavy atom. The second-order valence-corrected chi connectivity index (χ2v) is 6.34. The van der Waals surface area contributed by atoms with Crippen LogP contribution < -0.4 is 5.32 Å². The Kier molecular flexibility index (Phi) is 4.56. The minimum absolute atomic E-state index is 0. The number of hydrogen-bond acceptors (Lipinski definition) is 3. The van der Waals surface area contributed by atoms with Crippen LogP contribution in [0, 0.1) is 11.3 Å². The maximum absolute atomic E-state index is 13.3. The first-order chi connectivity index (χ1) is 8.55. The number of carbonyl (C=O) groups is 1. The molecule has 2 fully saturated rings. The normalized spacial score (nSPS) is 29.9. The number of carbonyl (C=O) groups excluding carboxylic acids is 1. The lowest BCUT2D eigenvalue weighted by atomic mass is 9.80. The highest BCUT2D eigenvalue weighted by atomic mass is 35.5. The lowest BCUT2D eigenvalue weighted by Gasteiger charge is -2.30. The van der Waals surface area contributed by atoms with Crippen LogP contribution >= 0.6 is 12.4 Å². The van der Waals surface area contributed by atoms with Gasteiger partial charge in [-0.1, -0.05) is 0 Å². The molecule has 8 heteroatoms. The molecule has 0 aromatic rings. The summed E-state index contributed by atoms with van der Waals surface area (Å²) < 4.78 is 44.9. The summed E-state index contributed by atoms with van der Waals surface area (Å²) in [5.41, 5.74) is -2.51. The van der Waals surface area contributed by atoms with E-state index in [1.165, 1.54) is 4.90 Å². The van der Waals surface area contributed by atoms with Crippen LogP contribution in [0.4, 0.5) is 18.0 Å². The first-order valence-electron chi connectivity index (χ1n) is 6.30. The van der Waals surface area contributed by atoms with E-state index in [2.05, 4.69) is 5.32 Å². The molecule has 2 rings (SSSR count). The SMILES string of the molecule is CC(C)(C)OC(=O)N1C[C@@H]2CNC[C@@]2(C(F)(F)F)C1.Cl. The van der Waals surface area contributed by atoms with E-state index in [1.807, 2.05) is 0 Å². The Labute approximate surface area is 122 Å². The molecule has 0 radical (unpaired) electrons. The lowest BCUT2D eigenvalue weighted by Crippen LogP contribution is -2.46. The van der Waals surface area contributed by atoms with Crippen LogP contribution in [0.3, 0.4) is 0 Å². The first kappa shape index (κ1) is 17.4. The Balaban J connectivity index is 0.00000200. The van der Waals surface area contributed by atoms with Gasteiger partial charge in [-0.15, -0.1) is 12.4 Å². The van der Waals surface area contributed by atoms with Gasteiger partial charge in [-0.2, -0.15) is 13.2 Å². The van der Waals surface area contributed by atoms with Crippen LogP contribution in [0.5, 0.6) is 0 Å². The van der Waals surface area contributed by atoms with Crippen molar-refractivity contribution in [3.63, 3.8) is 0 Å². The molecule has 20 heavy (non-hydrogen) atoms. The van der Waals surface area contributed by atoms with Crippen LogP contribution in [0.2, 0.25) is 0 Å². The van der Waals surface area contributed by atoms with Gasteiger partial charge in [0.05, 0.1) is 0 Å². The third kappa shape index (κ3) is 2.98. The van der Waals surface area contributed by atoms with Crippen molar-refractivity contribution in [2.24, 2.45) is 11.3 Å². The Bertz CT molecular complexity index is 384. The standard InChI is InChI=1S/C12H19F3N2O2.ClH/c1-10(2,3)19-9(18)17-5-8-4-16-6-11(8,7-17)12(13,14)15;/h8,16H,4-7H2,1-3H3;1H/t8-,11+;/m0./s1. The number of amides is 1. The minimum atomic E-state index is -4.31. The number of nitrogens with one attached hydrogen (secondary N) is 1. The van der Waals surface area contributed by atoms with Gasteiger partial charge in [0.1, 0.15) is 11.0 Å². The van der Waals surface area contributed by atoms with E-state index in [0.717, 1.165) is 0 Å². The van der Waals surface area contributed by atoms with E-state index in [9.17, 15) is 18.0 Å². The molecule has 2 aliphatic rings. The predicted molar refractivity (Wildman–Crippen MR) is 69.9 cm³/mol. The summed E-state index contributed by atoms with van der Waals surface area (Å²) in [6.45, 7) is 5.04. The predicted octanol–water partition coefficient (Wildman–Crippen LogP) is 2.43. The van der Waals surface area contributed by atoms with E-state index >= 15 is 0 Å². The molecule has 0 aromatic heterocycles. The molecule has 1 amide bonds. The van der Waals surface area contributed by atoms with Gasteiger partial charge in [-0.05, 0) is 20.8 Å². The number of ether oxygens (including phenoxy) is 1. The number of halogens is 4. The van der Waals surface area contributed by atoms with Crippen LogP contribution in [-0.2, 0) is 4.74 Å². The van der Waals surface area contributed by atoms with Crippen molar-refractivity contribution in [1.82, 2.24) is 10.2 Å². The number of rotatable bonds is 0. The van der Waals surface area contributed by atoms with Crippen molar-refractivity contribution >= 4 is 18.5 Å². The fourth-order valence-corrected chi connectivity index (χ4v) is 2.79. The first-order valence-corrected chi connectivity index (χ1v) is 6.30. The third-order valence-corrected chi connectivity index (χ3v) is 3.74. The summed E-state index contributed by atoms with van der Waals surface area (Å²) >= 11 is 0. The number of alkyl halides is 3. The van der Waals surface area contributed by atoms with Gasteiger partial charge in [-0.3, -0.25) is 0 Å². The van der Waals surface area contributed by atoms with Gasteiger partial charge in [-0.25, -0.2) is 4.79 Å². The van der Waals surface area contributed by atoms with Crippen molar-refractivity contribution in [3.05, 3.63) is 0 Å². The molecule has 118 valence electrons. The fraction of sp³-hybridized carbons (Fsp3) is 0.917. The molecule has 2 heterocycles. The summed E-state index contributed by atoms with van der Waals surface area (Å²) in [5, 5.41) is 2.78. The van der Waals surface area contributed by atoms with E-state index in [4.69, 9.17) is 4.74 Å². The van der Waals surface area contributed by atoms with Gasteiger partial charge in [0.25, 0.3) is 0 Å². The largest absolute Gasteiger partial charge is 0.444 e. The molecule has 2 aliphatic heterocycles. The highest BCUT2D eigenvalue weighted by Gasteiger charge is 2.65. The molecule has 0 bridgehead atoms. The molecule has 0 saturated carbocycles. The van der Waals surface area contributed by atoms with Gasteiger partial charge in [0.2, 0.25) is 0 Å². The van der Waals surface area contributed by atoms with Crippen LogP contribution in [-0.4, -0.2) is 48.9 Å². The maximum Gasteiger partial charge on any atom is 0.410 e. The Morgan fingerprint density at radius 3 is 2.40 bits per heavy atom. The smallest absolute Gasteiger partial charge is 0.410 e. The van der Waals surface area contributed by atoms with E-state index in [1.54, 1.807) is 20.8 Å². The van der Waals surface area contributed by atoms with E-state index in [0.29, 0.717) is 6.54 Å². The molecule has 0 aliphatic carbocycles. The Hall–Kier alpha value is -0.690. The number of likely N-dealkylation sites (tertiary alicyclic amines) is 1. The molecular formula is C12H20ClF3N2O2. The molecule has 2 atom stereocenters. The van der Waals surface area contributed by atoms with Crippen molar-refractivity contribution in [2.75, 3.05) is 26.2 Å². The maximum atomic E-state index is 13.3. The van der Waals surface area contributed by atoms with Gasteiger partial charge in [0.15, 0.2) is 0 Å². The summed E-state index contributed by atoms with van der Waals surface area (Å²) in [4.78, 5) is 13.1. The highest BCUT2D eigenvalue weighted by molar-refractivity contribution is 5.85. The average Bonchev–Trinajstić information content (AvgIpc) is 2.68. The molecule has 1 N–H and O–H groups in total. The molecule has 2 saturated heterocycles. The average molecular weight is 317 g/mol. The molecule has 0 unspecified atom stereocenters. The summed E-state index contributed by atoms with van der Waals surface area (Å²) in [6, 6.07) is 0. The number of hydrogen-bond donors (Lipinski definition) is 1. The lowest BCUT2D eigenvalue weighted by molar-refractivity contribution is -0.220. The fourth-order valence-electron chi connectivity index (χ4n) is 2.79. The minimum Gasteiger partial charge on any atom is -0.444 e. The van der Waals surface area contributed by atoms with Crippen LogP contribution in [0.1, 0.15) is 20.8 Å². The van der Waals surface area contributed by atoms with Crippen LogP contribution in [0.15, 0.2) is 0 Å². The second-order valence-electron chi connectivity index (χ2n) is 6.34. The monoisotopic (exact) mass is 316 g/mol. The number of nitrogens with zero attached hydrogens (tertiary/aromatic N) is 1. The van der Waals surface area contributed by atoms with Gasteiger partial charge in [0, 0.05) is 32.1 Å². The van der Waals surface area contributed by atoms with Crippen molar-refractivity contribution in [2.45, 2.75) is 32.5 Å². The van der Waals surface area contributed by atoms with E-state index in [-0.39, 0.29) is 32.0 Å². The van der Waals surface area contributed by atoms with E-state index < -0.39 is 29.2 Å². The van der Waals surface area contributed by atoms with Crippen molar-refractivity contribution in [3.8, 4) is 0 Å². The zero-order valence-electron chi connectivity index (χ0n) is 11.7. The quantitative estimate of drug-likeness (QED) is 0.746. The molecule has 4 nitrogen and oxygen atoms in total. The topological polar surface area (TPSA) is 41.6 Å². The highest BCUT2D eigenvalue weighted by Crippen LogP contribution is 2.50. The molecular weight excluding hydrogens is 297 g/mol. The van der Waals surface area contributed by atoms with Gasteiger partial charge >= 0.3 is 12.3 Å². The second kappa shape index (κ2) is 5.26.